The van der Waals surface area contributed by atoms with Crippen molar-refractivity contribution < 1.29 is 17.6 Å². The maximum Gasteiger partial charge on any atom is 0.243 e. The first-order valence-electron chi connectivity index (χ1n) is 5.93. The fraction of sp³-hybridized carbons (Fsp3) is 0.167. The number of aromatic nitrogens is 2. The number of hydrogen-bond donors (Lipinski definition) is 3. The summed E-state index contributed by atoms with van der Waals surface area (Å²) in [6.07, 6.45) is 1.48. The third-order valence-corrected chi connectivity index (χ3v) is 3.99. The Kier molecular flexibility index (Phi) is 4.34. The van der Waals surface area contributed by atoms with Gasteiger partial charge in [-0.1, -0.05) is 0 Å². The molecule has 1 aromatic heterocycles. The van der Waals surface area contributed by atoms with Gasteiger partial charge in [0.05, 0.1) is 12.2 Å². The Bertz CT molecular complexity index is 744. The predicted molar refractivity (Wildman–Crippen MR) is 73.3 cm³/mol. The minimum Gasteiger partial charge on any atom is -0.326 e. The fourth-order valence-corrected chi connectivity index (χ4v) is 2.70. The van der Waals surface area contributed by atoms with Gasteiger partial charge in [0.25, 0.3) is 0 Å². The molecule has 3 N–H and O–H groups in total. The summed E-state index contributed by atoms with van der Waals surface area (Å²) in [5, 5.41) is 8.64. The van der Waals surface area contributed by atoms with E-state index in [4.69, 9.17) is 0 Å². The molecule has 1 aromatic carbocycles. The van der Waals surface area contributed by atoms with E-state index in [-0.39, 0.29) is 18.1 Å². The van der Waals surface area contributed by atoms with Gasteiger partial charge in [-0.25, -0.2) is 17.5 Å². The number of H-pyrrole nitrogens is 1. The highest BCUT2D eigenvalue weighted by Gasteiger charge is 2.19. The van der Waals surface area contributed by atoms with Crippen molar-refractivity contribution in [1.29, 1.82) is 0 Å². The number of halogens is 1. The van der Waals surface area contributed by atoms with E-state index >= 15 is 0 Å². The normalized spacial score (nSPS) is 11.3. The summed E-state index contributed by atoms with van der Waals surface area (Å²) < 4.78 is 40.1. The molecule has 2 rings (SSSR count). The first-order valence-corrected chi connectivity index (χ1v) is 7.42. The van der Waals surface area contributed by atoms with Crippen molar-refractivity contribution in [3.63, 3.8) is 0 Å². The van der Waals surface area contributed by atoms with Crippen LogP contribution in [0.2, 0.25) is 0 Å². The number of carbonyl (C=O) groups is 1. The summed E-state index contributed by atoms with van der Waals surface area (Å²) in [6.45, 7) is 1.24. The van der Waals surface area contributed by atoms with Crippen molar-refractivity contribution >= 4 is 21.6 Å². The molecule has 0 aliphatic heterocycles. The van der Waals surface area contributed by atoms with Crippen molar-refractivity contribution in [2.75, 3.05) is 5.32 Å². The van der Waals surface area contributed by atoms with Crippen LogP contribution in [-0.4, -0.2) is 24.5 Å². The first-order chi connectivity index (χ1) is 9.88. The highest BCUT2D eigenvalue weighted by atomic mass is 32.2. The van der Waals surface area contributed by atoms with Crippen molar-refractivity contribution in [2.24, 2.45) is 0 Å². The third kappa shape index (κ3) is 3.86. The van der Waals surface area contributed by atoms with Crippen LogP contribution in [0.15, 0.2) is 35.4 Å². The Hall–Kier alpha value is -2.26. The lowest BCUT2D eigenvalue weighted by molar-refractivity contribution is -0.114. The summed E-state index contributed by atoms with van der Waals surface area (Å²) in [7, 11) is -4.00. The van der Waals surface area contributed by atoms with Gasteiger partial charge in [0.1, 0.15) is 10.7 Å². The second-order valence-corrected chi connectivity index (χ2v) is 5.97. The molecule has 0 saturated carbocycles. The molecule has 0 fully saturated rings. The average Bonchev–Trinajstić information content (AvgIpc) is 2.88. The fourth-order valence-electron chi connectivity index (χ4n) is 1.63. The molecule has 9 heteroatoms. The zero-order valence-electron chi connectivity index (χ0n) is 11.1. The van der Waals surface area contributed by atoms with Crippen molar-refractivity contribution in [1.82, 2.24) is 14.9 Å². The molecule has 0 atom stereocenters. The quantitative estimate of drug-likeness (QED) is 0.765. The minimum atomic E-state index is -4.00. The predicted octanol–water partition coefficient (Wildman–Crippen LogP) is 0.986. The highest BCUT2D eigenvalue weighted by molar-refractivity contribution is 7.89. The largest absolute Gasteiger partial charge is 0.326 e. The second-order valence-electron chi connectivity index (χ2n) is 4.23. The Morgan fingerprint density at radius 3 is 2.71 bits per heavy atom. The molecule has 1 heterocycles. The Balaban J connectivity index is 2.17. The van der Waals surface area contributed by atoms with Crippen LogP contribution in [0, 0.1) is 5.82 Å². The van der Waals surface area contributed by atoms with Crippen molar-refractivity contribution in [3.8, 4) is 0 Å². The van der Waals surface area contributed by atoms with E-state index in [0.29, 0.717) is 5.69 Å². The molecule has 0 aliphatic rings. The van der Waals surface area contributed by atoms with Gasteiger partial charge in [0.2, 0.25) is 15.9 Å². The molecule has 0 bridgehead atoms. The summed E-state index contributed by atoms with van der Waals surface area (Å²) in [4.78, 5) is 10.4. The molecule has 0 saturated heterocycles. The van der Waals surface area contributed by atoms with Crippen LogP contribution in [0.5, 0.6) is 0 Å². The van der Waals surface area contributed by atoms with E-state index in [0.717, 1.165) is 12.1 Å². The van der Waals surface area contributed by atoms with Crippen LogP contribution >= 0.6 is 0 Å². The topological polar surface area (TPSA) is 104 Å². The highest BCUT2D eigenvalue weighted by Crippen LogP contribution is 2.19. The second kappa shape index (κ2) is 6.02. The molecule has 0 spiro atoms. The number of rotatable bonds is 5. The van der Waals surface area contributed by atoms with Crippen LogP contribution in [-0.2, 0) is 21.4 Å². The Morgan fingerprint density at radius 2 is 2.14 bits per heavy atom. The van der Waals surface area contributed by atoms with Crippen molar-refractivity contribution in [3.05, 3.63) is 42.0 Å². The molecule has 0 unspecified atom stereocenters. The molecule has 2 aromatic rings. The number of nitrogens with one attached hydrogen (secondary N) is 3. The maximum absolute atomic E-state index is 13.9. The molecule has 1 amide bonds. The molecular weight excluding hydrogens is 299 g/mol. The number of nitrogens with zero attached hydrogens (tertiary/aromatic N) is 1. The maximum atomic E-state index is 13.9. The lowest BCUT2D eigenvalue weighted by Gasteiger charge is -2.08. The lowest BCUT2D eigenvalue weighted by Crippen LogP contribution is -2.24. The molecular formula is C12H13FN4O3S. The van der Waals surface area contributed by atoms with Gasteiger partial charge in [0, 0.05) is 18.8 Å². The minimum absolute atomic E-state index is 0.0325. The summed E-state index contributed by atoms with van der Waals surface area (Å²) in [5.74, 6) is -1.32. The van der Waals surface area contributed by atoms with E-state index in [2.05, 4.69) is 20.2 Å². The molecule has 21 heavy (non-hydrogen) atoms. The van der Waals surface area contributed by atoms with Gasteiger partial charge in [0.15, 0.2) is 0 Å². The summed E-state index contributed by atoms with van der Waals surface area (Å²) in [5.41, 5.74) is 0.737. The van der Waals surface area contributed by atoms with Gasteiger partial charge < -0.3 is 5.32 Å². The van der Waals surface area contributed by atoms with Gasteiger partial charge in [-0.2, -0.15) is 5.10 Å². The molecule has 7 nitrogen and oxygen atoms in total. The van der Waals surface area contributed by atoms with E-state index < -0.39 is 20.7 Å². The van der Waals surface area contributed by atoms with Gasteiger partial charge in [-0.05, 0) is 24.3 Å². The SMILES string of the molecule is CC(=O)Nc1ccc(S(=O)(=O)NCc2ccn[nH]2)c(F)c1. The van der Waals surface area contributed by atoms with E-state index in [1.165, 1.54) is 19.2 Å². The number of amides is 1. The smallest absolute Gasteiger partial charge is 0.243 e. The summed E-state index contributed by atoms with van der Waals surface area (Å²) in [6, 6.07) is 4.95. The average molecular weight is 312 g/mol. The third-order valence-electron chi connectivity index (χ3n) is 2.55. The molecule has 0 radical (unpaired) electrons. The van der Waals surface area contributed by atoms with Gasteiger partial charge in [-0.15, -0.1) is 0 Å². The van der Waals surface area contributed by atoms with Gasteiger partial charge in [-0.3, -0.25) is 9.89 Å². The van der Waals surface area contributed by atoms with Crippen LogP contribution < -0.4 is 10.0 Å². The number of anilines is 1. The number of aromatic amines is 1. The van der Waals surface area contributed by atoms with E-state index in [9.17, 15) is 17.6 Å². The van der Waals surface area contributed by atoms with Crippen LogP contribution in [0.25, 0.3) is 0 Å². The zero-order valence-corrected chi connectivity index (χ0v) is 11.9. The molecule has 112 valence electrons. The number of hydrogen-bond acceptors (Lipinski definition) is 4. The first kappa shape index (κ1) is 15.1. The van der Waals surface area contributed by atoms with E-state index in [1.807, 2.05) is 0 Å². The van der Waals surface area contributed by atoms with Gasteiger partial charge >= 0.3 is 0 Å². The number of carbonyl (C=O) groups excluding carboxylic acids is 1. The Labute approximate surface area is 120 Å². The summed E-state index contributed by atoms with van der Waals surface area (Å²) >= 11 is 0. The van der Waals surface area contributed by atoms with Crippen LogP contribution in [0.4, 0.5) is 10.1 Å². The number of benzene rings is 1. The number of sulfonamides is 1. The van der Waals surface area contributed by atoms with Crippen LogP contribution in [0.3, 0.4) is 0 Å². The molecule has 0 aliphatic carbocycles. The zero-order chi connectivity index (χ0) is 15.5. The monoisotopic (exact) mass is 312 g/mol. The lowest BCUT2D eigenvalue weighted by atomic mass is 10.3. The Morgan fingerprint density at radius 1 is 1.38 bits per heavy atom. The van der Waals surface area contributed by atoms with Crippen molar-refractivity contribution in [2.45, 2.75) is 18.4 Å². The standard InChI is InChI=1S/C12H13FN4O3S/c1-8(18)16-9-2-3-12(11(13)6-9)21(19,20)15-7-10-4-5-14-17-10/h2-6,15H,7H2,1H3,(H,14,17)(H,16,18). The van der Waals surface area contributed by atoms with Crippen LogP contribution in [0.1, 0.15) is 12.6 Å². The van der Waals surface area contributed by atoms with E-state index in [1.54, 1.807) is 6.07 Å².